The van der Waals surface area contributed by atoms with E-state index in [-0.39, 0.29) is 5.91 Å². The van der Waals surface area contributed by atoms with E-state index in [9.17, 15) is 9.18 Å². The number of aryl methyl sites for hydroxylation is 1. The van der Waals surface area contributed by atoms with Gasteiger partial charge in [0.15, 0.2) is 0 Å². The van der Waals surface area contributed by atoms with Gasteiger partial charge >= 0.3 is 0 Å². The Kier molecular flexibility index (Phi) is 8.02. The number of methoxy groups -OCH3 is 1. The number of amides is 1. The van der Waals surface area contributed by atoms with Crippen molar-refractivity contribution in [2.45, 2.75) is 20.1 Å². The average Bonchev–Trinajstić information content (AvgIpc) is 3.30. The van der Waals surface area contributed by atoms with Crippen LogP contribution in [0.1, 0.15) is 22.3 Å². The van der Waals surface area contributed by atoms with Gasteiger partial charge in [0.25, 0.3) is 0 Å². The van der Waals surface area contributed by atoms with Gasteiger partial charge in [0.05, 0.1) is 25.5 Å². The molecule has 4 aromatic rings. The summed E-state index contributed by atoms with van der Waals surface area (Å²) in [5, 5.41) is 7.33. The van der Waals surface area contributed by atoms with E-state index in [0.29, 0.717) is 29.6 Å². The Morgan fingerprint density at radius 2 is 1.94 bits per heavy atom. The molecule has 0 aliphatic heterocycles. The summed E-state index contributed by atoms with van der Waals surface area (Å²) >= 11 is 6.08. The van der Waals surface area contributed by atoms with Crippen LogP contribution in [0.25, 0.3) is 6.08 Å². The number of nitrogens with one attached hydrogen (secondary N) is 1. The van der Waals surface area contributed by atoms with Crippen LogP contribution >= 0.6 is 11.6 Å². The Hall–Kier alpha value is -4.10. The molecule has 0 saturated carbocycles. The zero-order valence-electron chi connectivity index (χ0n) is 19.9. The second-order valence-corrected chi connectivity index (χ2v) is 8.52. The smallest absolute Gasteiger partial charge is 0.248 e. The standard InChI is InChI=1S/C28H25ClFN3O3/c1-19-5-3-4-6-26(19)36-18-22-13-20(7-11-27(22)35-2)8-12-28(34)32-24-15-31-33(17-24)16-21-9-10-23(30)14-25(21)29/h3-15,17H,16,18H2,1-2H3,(H,32,34)/b12-8+. The quantitative estimate of drug-likeness (QED) is 0.272. The van der Waals surface area contributed by atoms with Crippen LogP contribution in [0.5, 0.6) is 11.5 Å². The van der Waals surface area contributed by atoms with E-state index in [1.165, 1.54) is 24.4 Å². The molecule has 0 unspecified atom stereocenters. The summed E-state index contributed by atoms with van der Waals surface area (Å²) in [6.07, 6.45) is 6.38. The lowest BCUT2D eigenvalue weighted by Gasteiger charge is -2.12. The Labute approximate surface area is 213 Å². The van der Waals surface area contributed by atoms with Crippen LogP contribution in [-0.4, -0.2) is 22.8 Å². The largest absolute Gasteiger partial charge is 0.496 e. The van der Waals surface area contributed by atoms with E-state index in [2.05, 4.69) is 10.4 Å². The van der Waals surface area contributed by atoms with Gasteiger partial charge in [0.1, 0.15) is 23.9 Å². The molecule has 0 atom stereocenters. The minimum Gasteiger partial charge on any atom is -0.496 e. The number of nitrogens with zero attached hydrogens (tertiary/aromatic N) is 2. The van der Waals surface area contributed by atoms with Gasteiger partial charge < -0.3 is 14.8 Å². The maximum atomic E-state index is 13.2. The Balaban J connectivity index is 1.38. The van der Waals surface area contributed by atoms with Crippen molar-refractivity contribution in [3.05, 3.63) is 112 Å². The molecule has 0 radical (unpaired) electrons. The monoisotopic (exact) mass is 505 g/mol. The minimum absolute atomic E-state index is 0.303. The van der Waals surface area contributed by atoms with Crippen LogP contribution in [0.15, 0.2) is 79.1 Å². The zero-order chi connectivity index (χ0) is 25.5. The van der Waals surface area contributed by atoms with Gasteiger partial charge in [0.2, 0.25) is 5.91 Å². The highest BCUT2D eigenvalue weighted by Gasteiger charge is 2.08. The molecule has 1 amide bonds. The summed E-state index contributed by atoms with van der Waals surface area (Å²) in [7, 11) is 1.61. The molecule has 0 fully saturated rings. The number of para-hydroxylation sites is 1. The van der Waals surface area contributed by atoms with E-state index in [1.807, 2.05) is 49.4 Å². The van der Waals surface area contributed by atoms with E-state index in [1.54, 1.807) is 30.1 Å². The van der Waals surface area contributed by atoms with Crippen molar-refractivity contribution in [1.82, 2.24) is 9.78 Å². The molecule has 184 valence electrons. The normalized spacial score (nSPS) is 11.0. The van der Waals surface area contributed by atoms with Gasteiger partial charge in [-0.25, -0.2) is 4.39 Å². The van der Waals surface area contributed by atoms with Crippen molar-refractivity contribution in [3.8, 4) is 11.5 Å². The number of aromatic nitrogens is 2. The van der Waals surface area contributed by atoms with Crippen LogP contribution in [-0.2, 0) is 17.9 Å². The molecule has 0 bridgehead atoms. The molecule has 0 saturated heterocycles. The average molecular weight is 506 g/mol. The third kappa shape index (κ3) is 6.52. The SMILES string of the molecule is COc1ccc(/C=C/C(=O)Nc2cnn(Cc3ccc(F)cc3Cl)c2)cc1COc1ccccc1C. The molecule has 6 nitrogen and oxygen atoms in total. The Morgan fingerprint density at radius 1 is 1.11 bits per heavy atom. The van der Waals surface area contributed by atoms with Crippen molar-refractivity contribution in [2.24, 2.45) is 0 Å². The molecular weight excluding hydrogens is 481 g/mol. The maximum absolute atomic E-state index is 13.2. The molecule has 1 N–H and O–H groups in total. The van der Waals surface area contributed by atoms with Crippen molar-refractivity contribution in [2.75, 3.05) is 12.4 Å². The maximum Gasteiger partial charge on any atom is 0.248 e. The molecule has 1 heterocycles. The van der Waals surface area contributed by atoms with E-state index in [4.69, 9.17) is 21.1 Å². The van der Waals surface area contributed by atoms with E-state index >= 15 is 0 Å². The molecule has 8 heteroatoms. The molecule has 0 aliphatic carbocycles. The summed E-state index contributed by atoms with van der Waals surface area (Å²) in [6, 6.07) is 17.7. The number of hydrogen-bond donors (Lipinski definition) is 1. The highest BCUT2D eigenvalue weighted by atomic mass is 35.5. The number of carbonyl (C=O) groups excluding carboxylic acids is 1. The number of hydrogen-bond acceptors (Lipinski definition) is 4. The molecule has 36 heavy (non-hydrogen) atoms. The first kappa shape index (κ1) is 25.0. The lowest BCUT2D eigenvalue weighted by Crippen LogP contribution is -2.07. The summed E-state index contributed by atoms with van der Waals surface area (Å²) in [5.41, 5.74) is 4.00. The highest BCUT2D eigenvalue weighted by Crippen LogP contribution is 2.24. The molecule has 0 spiro atoms. The van der Waals surface area contributed by atoms with Gasteiger partial charge in [-0.1, -0.05) is 41.9 Å². The topological polar surface area (TPSA) is 65.4 Å². The highest BCUT2D eigenvalue weighted by molar-refractivity contribution is 6.31. The van der Waals surface area contributed by atoms with Crippen molar-refractivity contribution < 1.29 is 18.7 Å². The number of ether oxygens (including phenoxy) is 2. The first-order valence-corrected chi connectivity index (χ1v) is 11.6. The molecule has 4 rings (SSSR count). The van der Waals surface area contributed by atoms with Crippen molar-refractivity contribution in [1.29, 1.82) is 0 Å². The third-order valence-corrected chi connectivity index (χ3v) is 5.81. The number of rotatable bonds is 9. The summed E-state index contributed by atoms with van der Waals surface area (Å²) in [6.45, 7) is 2.68. The van der Waals surface area contributed by atoms with Gasteiger partial charge in [-0.05, 0) is 60.0 Å². The predicted molar refractivity (Wildman–Crippen MR) is 139 cm³/mol. The second kappa shape index (κ2) is 11.6. The number of halogens is 2. The molecule has 0 aliphatic rings. The number of anilines is 1. The Morgan fingerprint density at radius 3 is 2.72 bits per heavy atom. The second-order valence-electron chi connectivity index (χ2n) is 8.11. The lowest BCUT2D eigenvalue weighted by atomic mass is 10.1. The minimum atomic E-state index is -0.397. The summed E-state index contributed by atoms with van der Waals surface area (Å²) in [5.74, 6) is 0.815. The fraction of sp³-hybridized carbons (Fsp3) is 0.143. The lowest BCUT2D eigenvalue weighted by molar-refractivity contribution is -0.111. The van der Waals surface area contributed by atoms with Crippen molar-refractivity contribution in [3.63, 3.8) is 0 Å². The van der Waals surface area contributed by atoms with Crippen molar-refractivity contribution >= 4 is 29.3 Å². The molecule has 1 aromatic heterocycles. The zero-order valence-corrected chi connectivity index (χ0v) is 20.6. The van der Waals surface area contributed by atoms with Gasteiger partial charge in [0, 0.05) is 22.9 Å². The van der Waals surface area contributed by atoms with Crippen LogP contribution in [0, 0.1) is 12.7 Å². The van der Waals surface area contributed by atoms with Crippen LogP contribution in [0.4, 0.5) is 10.1 Å². The summed E-state index contributed by atoms with van der Waals surface area (Å²) in [4.78, 5) is 12.5. The molecular formula is C28H25ClFN3O3. The van der Waals surface area contributed by atoms with Crippen LogP contribution in [0.2, 0.25) is 5.02 Å². The first-order valence-electron chi connectivity index (χ1n) is 11.2. The van der Waals surface area contributed by atoms with E-state index < -0.39 is 5.82 Å². The predicted octanol–water partition coefficient (Wildman–Crippen LogP) is 6.27. The Bertz CT molecular complexity index is 1400. The van der Waals surface area contributed by atoms with E-state index in [0.717, 1.165) is 28.0 Å². The number of benzene rings is 3. The van der Waals surface area contributed by atoms with Crippen LogP contribution in [0.3, 0.4) is 0 Å². The van der Waals surface area contributed by atoms with Gasteiger partial charge in [-0.2, -0.15) is 5.10 Å². The van der Waals surface area contributed by atoms with Gasteiger partial charge in [-0.3, -0.25) is 9.48 Å². The van der Waals surface area contributed by atoms with Gasteiger partial charge in [-0.15, -0.1) is 0 Å². The fourth-order valence-corrected chi connectivity index (χ4v) is 3.81. The van der Waals surface area contributed by atoms with Crippen LogP contribution < -0.4 is 14.8 Å². The third-order valence-electron chi connectivity index (χ3n) is 5.46. The fourth-order valence-electron chi connectivity index (χ4n) is 3.58. The molecule has 3 aromatic carbocycles. The summed E-state index contributed by atoms with van der Waals surface area (Å²) < 4.78 is 26.3. The first-order chi connectivity index (χ1) is 17.4. The number of carbonyl (C=O) groups is 1.